The van der Waals surface area contributed by atoms with E-state index < -0.39 is 15.4 Å². The number of rotatable bonds is 13. The standard InChI is InChI=1S/C29H31N9O6S2/c1-17(2)20-9-10-24(31-16-20)46(40,41)38(18(3)45)28-25(44-23-8-6-5-7-22(23)42-4)29(43-14-13-39)33-26(32-28)19-11-12-30-21(15-19)27-34-36-37-35-27/h5-12,15-18,39,45H,13-14H2,1-4H3,(H,34,35,36,37). The van der Waals surface area contributed by atoms with Crippen molar-refractivity contribution in [1.82, 2.24) is 40.6 Å². The van der Waals surface area contributed by atoms with Crippen LogP contribution in [0.15, 0.2) is 66.0 Å². The van der Waals surface area contributed by atoms with Crippen molar-refractivity contribution < 1.29 is 27.7 Å². The smallest absolute Gasteiger partial charge is 0.284 e. The maximum atomic E-state index is 14.3. The third-order valence-corrected chi connectivity index (χ3v) is 8.68. The van der Waals surface area contributed by atoms with Gasteiger partial charge in [0.05, 0.1) is 19.1 Å². The number of aliphatic hydroxyl groups excluding tert-OH is 1. The van der Waals surface area contributed by atoms with E-state index in [1.807, 2.05) is 13.8 Å². The van der Waals surface area contributed by atoms with Crippen molar-refractivity contribution in [3.05, 3.63) is 66.5 Å². The highest BCUT2D eigenvalue weighted by Crippen LogP contribution is 2.44. The zero-order valence-electron chi connectivity index (χ0n) is 25.3. The maximum absolute atomic E-state index is 14.3. The van der Waals surface area contributed by atoms with Gasteiger partial charge in [0, 0.05) is 18.0 Å². The van der Waals surface area contributed by atoms with Crippen LogP contribution in [0.3, 0.4) is 0 Å². The van der Waals surface area contributed by atoms with Crippen molar-refractivity contribution in [2.75, 3.05) is 24.6 Å². The van der Waals surface area contributed by atoms with E-state index >= 15 is 0 Å². The molecule has 46 heavy (non-hydrogen) atoms. The van der Waals surface area contributed by atoms with Crippen molar-refractivity contribution >= 4 is 28.5 Å². The van der Waals surface area contributed by atoms with Crippen LogP contribution in [0, 0.1) is 0 Å². The third-order valence-electron chi connectivity index (χ3n) is 6.52. The Hall–Kier alpha value is -4.87. The summed E-state index contributed by atoms with van der Waals surface area (Å²) in [5.41, 5.74) is 1.63. The summed E-state index contributed by atoms with van der Waals surface area (Å²) in [5.74, 6) is 0.441. The van der Waals surface area contributed by atoms with Gasteiger partial charge in [0.25, 0.3) is 15.9 Å². The molecule has 0 aliphatic carbocycles. The molecule has 4 aromatic heterocycles. The highest BCUT2D eigenvalue weighted by atomic mass is 32.2. The van der Waals surface area contributed by atoms with E-state index in [1.165, 1.54) is 25.6 Å². The molecule has 0 saturated carbocycles. The molecule has 240 valence electrons. The van der Waals surface area contributed by atoms with Crippen LogP contribution in [-0.2, 0) is 10.0 Å². The number of para-hydroxylation sites is 2. The van der Waals surface area contributed by atoms with Gasteiger partial charge < -0.3 is 19.3 Å². The summed E-state index contributed by atoms with van der Waals surface area (Å²) in [4.78, 5) is 17.8. The number of thiol groups is 1. The minimum Gasteiger partial charge on any atom is -0.493 e. The van der Waals surface area contributed by atoms with Crippen LogP contribution in [0.25, 0.3) is 22.9 Å². The summed E-state index contributed by atoms with van der Waals surface area (Å²) in [6.45, 7) is 4.97. The van der Waals surface area contributed by atoms with E-state index in [0.29, 0.717) is 17.0 Å². The zero-order valence-corrected chi connectivity index (χ0v) is 27.0. The van der Waals surface area contributed by atoms with Gasteiger partial charge in [-0.2, -0.15) is 31.2 Å². The lowest BCUT2D eigenvalue weighted by atomic mass is 10.1. The summed E-state index contributed by atoms with van der Waals surface area (Å²) < 4.78 is 47.2. The van der Waals surface area contributed by atoms with Crippen LogP contribution in [0.4, 0.5) is 5.82 Å². The molecule has 0 spiro atoms. The first-order chi connectivity index (χ1) is 22.1. The normalized spacial score (nSPS) is 12.2. The number of sulfonamides is 1. The van der Waals surface area contributed by atoms with E-state index in [0.717, 1.165) is 9.87 Å². The van der Waals surface area contributed by atoms with Crippen LogP contribution < -0.4 is 18.5 Å². The lowest BCUT2D eigenvalue weighted by Gasteiger charge is -2.28. The SMILES string of the molecule is COc1ccccc1Oc1c(OCCO)nc(-c2ccnc(-c3nn[nH]n3)c2)nc1N(C(C)S)S(=O)(=O)c1ccc(C(C)C)cn1. The number of hydrogen-bond acceptors (Lipinski definition) is 14. The first-order valence-electron chi connectivity index (χ1n) is 14.0. The Morgan fingerprint density at radius 2 is 1.80 bits per heavy atom. The number of benzene rings is 1. The number of aromatic amines is 1. The molecule has 17 heteroatoms. The molecule has 0 fully saturated rings. The summed E-state index contributed by atoms with van der Waals surface area (Å²) in [7, 11) is -2.94. The fourth-order valence-corrected chi connectivity index (χ4v) is 6.14. The lowest BCUT2D eigenvalue weighted by molar-refractivity contribution is 0.192. The molecule has 15 nitrogen and oxygen atoms in total. The van der Waals surface area contributed by atoms with Crippen molar-refractivity contribution in [2.24, 2.45) is 0 Å². The molecule has 4 heterocycles. The first kappa shape index (κ1) is 32.5. The number of hydrogen-bond donors (Lipinski definition) is 3. The quantitative estimate of drug-likeness (QED) is 0.121. The van der Waals surface area contributed by atoms with Crippen molar-refractivity contribution in [1.29, 1.82) is 0 Å². The molecule has 0 saturated heterocycles. The van der Waals surface area contributed by atoms with Gasteiger partial charge in [0.15, 0.2) is 28.2 Å². The molecular weight excluding hydrogens is 635 g/mol. The number of tetrazole rings is 1. The number of nitrogens with zero attached hydrogens (tertiary/aromatic N) is 8. The van der Waals surface area contributed by atoms with Crippen LogP contribution in [0.1, 0.15) is 32.3 Å². The molecule has 5 rings (SSSR count). The second-order valence-corrected chi connectivity index (χ2v) is 12.5. The Morgan fingerprint density at radius 3 is 2.43 bits per heavy atom. The molecule has 0 bridgehead atoms. The molecule has 0 aliphatic heterocycles. The van der Waals surface area contributed by atoms with Gasteiger partial charge >= 0.3 is 0 Å². The number of pyridine rings is 2. The molecule has 5 aromatic rings. The summed E-state index contributed by atoms with van der Waals surface area (Å²) >= 11 is 4.56. The Morgan fingerprint density at radius 1 is 1.02 bits per heavy atom. The molecule has 0 amide bonds. The zero-order chi connectivity index (χ0) is 32.8. The lowest BCUT2D eigenvalue weighted by Crippen LogP contribution is -2.37. The van der Waals surface area contributed by atoms with Gasteiger partial charge in [-0.25, -0.2) is 14.3 Å². The molecule has 1 unspecified atom stereocenters. The number of aromatic nitrogens is 8. The van der Waals surface area contributed by atoms with Gasteiger partial charge in [-0.1, -0.05) is 32.0 Å². The molecule has 1 aromatic carbocycles. The van der Waals surface area contributed by atoms with Gasteiger partial charge in [-0.15, -0.1) is 10.2 Å². The number of H-pyrrole nitrogens is 1. The third kappa shape index (κ3) is 6.85. The topological polar surface area (TPSA) is 191 Å². The minimum atomic E-state index is -4.41. The Labute approximate surface area is 270 Å². The summed E-state index contributed by atoms with van der Waals surface area (Å²) in [5, 5.41) is 22.3. The summed E-state index contributed by atoms with van der Waals surface area (Å²) in [6.07, 6.45) is 3.01. The van der Waals surface area contributed by atoms with E-state index in [1.54, 1.807) is 49.4 Å². The average Bonchev–Trinajstić information content (AvgIpc) is 3.60. The van der Waals surface area contributed by atoms with Crippen molar-refractivity contribution in [3.63, 3.8) is 0 Å². The van der Waals surface area contributed by atoms with E-state index in [-0.39, 0.29) is 59.0 Å². The number of ether oxygens (including phenoxy) is 3. The fourth-order valence-electron chi connectivity index (χ4n) is 4.28. The monoisotopic (exact) mass is 665 g/mol. The number of methoxy groups -OCH3 is 1. The molecule has 2 N–H and O–H groups in total. The number of aliphatic hydroxyl groups is 1. The molecule has 0 aliphatic rings. The molecule has 0 radical (unpaired) electrons. The number of nitrogens with one attached hydrogen (secondary N) is 1. The van der Waals surface area contributed by atoms with E-state index in [9.17, 15) is 13.5 Å². The largest absolute Gasteiger partial charge is 0.493 e. The molecular formula is C29H31N9O6S2. The Bertz CT molecular complexity index is 1890. The highest BCUT2D eigenvalue weighted by molar-refractivity contribution is 7.94. The van der Waals surface area contributed by atoms with E-state index in [2.05, 4.69) is 48.2 Å². The van der Waals surface area contributed by atoms with Crippen molar-refractivity contribution in [3.8, 4) is 46.0 Å². The van der Waals surface area contributed by atoms with Gasteiger partial charge in [0.2, 0.25) is 11.6 Å². The first-order valence-corrected chi connectivity index (χ1v) is 15.9. The van der Waals surface area contributed by atoms with Crippen LogP contribution in [0.5, 0.6) is 23.1 Å². The van der Waals surface area contributed by atoms with Gasteiger partial charge in [-0.05, 0) is 54.0 Å². The van der Waals surface area contributed by atoms with Crippen LogP contribution in [0.2, 0.25) is 0 Å². The predicted molar refractivity (Wildman–Crippen MR) is 171 cm³/mol. The average molecular weight is 666 g/mol. The maximum Gasteiger partial charge on any atom is 0.284 e. The second kappa shape index (κ2) is 14.1. The van der Waals surface area contributed by atoms with E-state index in [4.69, 9.17) is 19.2 Å². The van der Waals surface area contributed by atoms with Crippen LogP contribution in [-0.4, -0.2) is 79.8 Å². The Kier molecular flexibility index (Phi) is 9.93. The molecule has 1 atom stereocenters. The minimum absolute atomic E-state index is 0.0414. The van der Waals surface area contributed by atoms with Crippen LogP contribution >= 0.6 is 12.6 Å². The Balaban J connectivity index is 1.76. The van der Waals surface area contributed by atoms with Crippen molar-refractivity contribution in [2.45, 2.75) is 37.1 Å². The second-order valence-electron chi connectivity index (χ2n) is 10.0. The number of anilines is 1. The predicted octanol–water partition coefficient (Wildman–Crippen LogP) is 3.88. The van der Waals surface area contributed by atoms with Gasteiger partial charge in [0.1, 0.15) is 12.3 Å². The highest BCUT2D eigenvalue weighted by Gasteiger charge is 2.36. The summed E-state index contributed by atoms with van der Waals surface area (Å²) in [6, 6.07) is 13.1. The van der Waals surface area contributed by atoms with Gasteiger partial charge in [-0.3, -0.25) is 4.98 Å². The fraction of sp³-hybridized carbons (Fsp3) is 0.276.